The van der Waals surface area contributed by atoms with Crippen LogP contribution in [0.5, 0.6) is 0 Å². The van der Waals surface area contributed by atoms with E-state index in [2.05, 4.69) is 15.3 Å². The van der Waals surface area contributed by atoms with Gasteiger partial charge in [0.15, 0.2) is 0 Å². The van der Waals surface area contributed by atoms with Gasteiger partial charge in [-0.3, -0.25) is 0 Å². The molecule has 0 fully saturated rings. The number of nitrogens with zero attached hydrogens (tertiary/aromatic N) is 2. The molecule has 0 bridgehead atoms. The Morgan fingerprint density at radius 3 is 3.00 bits per heavy atom. The van der Waals surface area contributed by atoms with Gasteiger partial charge in [-0.1, -0.05) is 6.92 Å². The van der Waals surface area contributed by atoms with Crippen molar-refractivity contribution in [2.45, 2.75) is 11.9 Å². The Morgan fingerprint density at radius 2 is 2.36 bits per heavy atom. The fourth-order valence-electron chi connectivity index (χ4n) is 0.835. The van der Waals surface area contributed by atoms with Crippen LogP contribution in [0, 0.1) is 5.92 Å². The molecule has 0 aliphatic carbocycles. The third kappa shape index (κ3) is 3.51. The first-order valence-corrected chi connectivity index (χ1v) is 5.48. The molecule has 0 aromatic carbocycles. The molecule has 0 spiro atoms. The summed E-state index contributed by atoms with van der Waals surface area (Å²) in [6, 6.07) is 1.90. The summed E-state index contributed by atoms with van der Waals surface area (Å²) in [4.78, 5) is 8.14. The molecule has 5 heteroatoms. The van der Waals surface area contributed by atoms with E-state index in [4.69, 9.17) is 5.11 Å². The van der Waals surface area contributed by atoms with Gasteiger partial charge in [-0.2, -0.15) is 0 Å². The number of anilines is 1. The monoisotopic (exact) mass is 213 g/mol. The van der Waals surface area contributed by atoms with Gasteiger partial charge in [-0.05, 0) is 5.92 Å². The van der Waals surface area contributed by atoms with Crippen molar-refractivity contribution in [1.29, 1.82) is 0 Å². The maximum Gasteiger partial charge on any atom is 0.130 e. The van der Waals surface area contributed by atoms with Crippen molar-refractivity contribution < 1.29 is 5.11 Å². The summed E-state index contributed by atoms with van der Waals surface area (Å²) in [5.74, 6) is 1.99. The molecule has 1 aromatic rings. The Bertz CT molecular complexity index is 283. The zero-order valence-corrected chi connectivity index (χ0v) is 9.21. The predicted octanol–water partition coefficient (Wildman–Crippen LogP) is 1.24. The molecule has 2 N–H and O–H groups in total. The van der Waals surface area contributed by atoms with Gasteiger partial charge in [0, 0.05) is 25.5 Å². The second-order valence-electron chi connectivity index (χ2n) is 3.09. The second-order valence-corrected chi connectivity index (χ2v) is 4.13. The molecule has 0 saturated heterocycles. The van der Waals surface area contributed by atoms with E-state index in [1.807, 2.05) is 20.0 Å². The average Bonchev–Trinajstić information content (AvgIpc) is 2.26. The van der Waals surface area contributed by atoms with Crippen molar-refractivity contribution in [3.05, 3.63) is 12.4 Å². The minimum absolute atomic E-state index is 0.219. The Hall–Kier alpha value is -0.810. The molecule has 0 aliphatic heterocycles. The van der Waals surface area contributed by atoms with Gasteiger partial charge in [-0.25, -0.2) is 9.97 Å². The quantitative estimate of drug-likeness (QED) is 0.569. The summed E-state index contributed by atoms with van der Waals surface area (Å²) in [5, 5.41) is 12.7. The number of hydrogen-bond donors (Lipinski definition) is 2. The van der Waals surface area contributed by atoms with Crippen molar-refractivity contribution in [3.8, 4) is 0 Å². The van der Waals surface area contributed by atoms with Crippen molar-refractivity contribution in [1.82, 2.24) is 9.97 Å². The number of thioether (sulfide) groups is 1. The van der Waals surface area contributed by atoms with Gasteiger partial charge < -0.3 is 10.4 Å². The number of hydrogen-bond acceptors (Lipinski definition) is 5. The van der Waals surface area contributed by atoms with Crippen molar-refractivity contribution in [2.75, 3.05) is 24.7 Å². The Morgan fingerprint density at radius 1 is 1.57 bits per heavy atom. The molecule has 4 nitrogen and oxygen atoms in total. The SMILES string of the molecule is CNc1cc(SCC(C)CO)ncn1. The largest absolute Gasteiger partial charge is 0.396 e. The molecular formula is C9H15N3OS. The zero-order valence-electron chi connectivity index (χ0n) is 8.40. The number of aliphatic hydroxyl groups excluding tert-OH is 1. The van der Waals surface area contributed by atoms with Gasteiger partial charge in [0.1, 0.15) is 17.2 Å². The van der Waals surface area contributed by atoms with Crippen LogP contribution in [0.1, 0.15) is 6.92 Å². The number of rotatable bonds is 5. The Labute approximate surface area is 88.2 Å². The molecule has 1 heterocycles. The summed E-state index contributed by atoms with van der Waals surface area (Å²) in [6.07, 6.45) is 1.54. The summed E-state index contributed by atoms with van der Waals surface area (Å²) in [7, 11) is 1.83. The van der Waals surface area contributed by atoms with Crippen LogP contribution in [0.2, 0.25) is 0 Å². The highest BCUT2D eigenvalue weighted by Gasteiger charge is 2.03. The fourth-order valence-corrected chi connectivity index (χ4v) is 1.71. The molecular weight excluding hydrogens is 198 g/mol. The highest BCUT2D eigenvalue weighted by molar-refractivity contribution is 7.99. The highest BCUT2D eigenvalue weighted by atomic mass is 32.2. The van der Waals surface area contributed by atoms with Crippen LogP contribution in [0.15, 0.2) is 17.4 Å². The first-order chi connectivity index (χ1) is 6.76. The lowest BCUT2D eigenvalue weighted by molar-refractivity contribution is 0.250. The smallest absolute Gasteiger partial charge is 0.130 e. The summed E-state index contributed by atoms with van der Waals surface area (Å²) < 4.78 is 0. The summed E-state index contributed by atoms with van der Waals surface area (Å²) in [6.45, 7) is 2.23. The normalized spacial score (nSPS) is 12.5. The van der Waals surface area contributed by atoms with E-state index in [-0.39, 0.29) is 6.61 Å². The van der Waals surface area contributed by atoms with E-state index in [1.165, 1.54) is 6.33 Å². The first-order valence-electron chi connectivity index (χ1n) is 4.49. The van der Waals surface area contributed by atoms with E-state index in [0.717, 1.165) is 16.6 Å². The van der Waals surface area contributed by atoms with Crippen LogP contribution in [0.3, 0.4) is 0 Å². The van der Waals surface area contributed by atoms with E-state index in [9.17, 15) is 0 Å². The van der Waals surface area contributed by atoms with Crippen LogP contribution in [-0.4, -0.2) is 34.5 Å². The highest BCUT2D eigenvalue weighted by Crippen LogP contribution is 2.19. The van der Waals surface area contributed by atoms with Crippen molar-refractivity contribution >= 4 is 17.6 Å². The lowest BCUT2D eigenvalue weighted by Gasteiger charge is -2.06. The van der Waals surface area contributed by atoms with E-state index < -0.39 is 0 Å². The fraction of sp³-hybridized carbons (Fsp3) is 0.556. The lowest BCUT2D eigenvalue weighted by Crippen LogP contribution is -2.03. The van der Waals surface area contributed by atoms with E-state index >= 15 is 0 Å². The van der Waals surface area contributed by atoms with Crippen molar-refractivity contribution in [2.24, 2.45) is 5.92 Å². The molecule has 1 aromatic heterocycles. The molecule has 0 aliphatic rings. The maximum absolute atomic E-state index is 8.86. The molecule has 78 valence electrons. The average molecular weight is 213 g/mol. The van der Waals surface area contributed by atoms with Crippen LogP contribution < -0.4 is 5.32 Å². The topological polar surface area (TPSA) is 58.0 Å². The minimum Gasteiger partial charge on any atom is -0.396 e. The Kier molecular flexibility index (Phi) is 4.69. The summed E-state index contributed by atoms with van der Waals surface area (Å²) >= 11 is 1.63. The number of aromatic nitrogens is 2. The third-order valence-electron chi connectivity index (χ3n) is 1.73. The van der Waals surface area contributed by atoms with Gasteiger partial charge in [-0.15, -0.1) is 11.8 Å². The first kappa shape index (κ1) is 11.3. The number of nitrogens with one attached hydrogen (secondary N) is 1. The molecule has 1 rings (SSSR count). The standard InChI is InChI=1S/C9H15N3OS/c1-7(4-13)5-14-9-3-8(10-2)11-6-12-9/h3,6-7,13H,4-5H2,1-2H3,(H,10,11,12). The molecule has 0 amide bonds. The molecule has 0 radical (unpaired) electrons. The predicted molar refractivity (Wildman–Crippen MR) is 58.6 cm³/mol. The van der Waals surface area contributed by atoms with Gasteiger partial charge in [0.2, 0.25) is 0 Å². The van der Waals surface area contributed by atoms with Crippen LogP contribution in [0.4, 0.5) is 5.82 Å². The summed E-state index contributed by atoms with van der Waals surface area (Å²) in [5.41, 5.74) is 0. The molecule has 14 heavy (non-hydrogen) atoms. The van der Waals surface area contributed by atoms with Crippen molar-refractivity contribution in [3.63, 3.8) is 0 Å². The van der Waals surface area contributed by atoms with Crippen LogP contribution in [-0.2, 0) is 0 Å². The molecule has 1 atom stereocenters. The Balaban J connectivity index is 2.50. The second kappa shape index (κ2) is 5.82. The minimum atomic E-state index is 0.219. The lowest BCUT2D eigenvalue weighted by atomic mass is 10.2. The third-order valence-corrected chi connectivity index (χ3v) is 2.98. The number of aliphatic hydroxyl groups is 1. The molecule has 0 saturated carbocycles. The van der Waals surface area contributed by atoms with Gasteiger partial charge >= 0.3 is 0 Å². The maximum atomic E-state index is 8.86. The van der Waals surface area contributed by atoms with E-state index in [1.54, 1.807) is 11.8 Å². The van der Waals surface area contributed by atoms with Crippen LogP contribution >= 0.6 is 11.8 Å². The van der Waals surface area contributed by atoms with Gasteiger partial charge in [0.05, 0.1) is 0 Å². The van der Waals surface area contributed by atoms with Gasteiger partial charge in [0.25, 0.3) is 0 Å². The van der Waals surface area contributed by atoms with Crippen LogP contribution in [0.25, 0.3) is 0 Å². The zero-order chi connectivity index (χ0) is 10.4. The molecule has 1 unspecified atom stereocenters. The van der Waals surface area contributed by atoms with E-state index in [0.29, 0.717) is 5.92 Å².